The fourth-order valence-electron chi connectivity index (χ4n) is 4.95. The number of rotatable bonds is 8. The van der Waals surface area contributed by atoms with E-state index in [1.807, 2.05) is 30.3 Å². The highest BCUT2D eigenvalue weighted by atomic mass is 35.5. The second-order valence-electron chi connectivity index (χ2n) is 9.46. The van der Waals surface area contributed by atoms with Crippen LogP contribution in [0.2, 0.25) is 5.02 Å². The number of halogens is 2. The van der Waals surface area contributed by atoms with Crippen LogP contribution in [0.4, 0.5) is 4.39 Å². The number of nitrogens with zero attached hydrogens (tertiary/aromatic N) is 2. The van der Waals surface area contributed by atoms with Crippen molar-refractivity contribution in [1.29, 1.82) is 0 Å². The van der Waals surface area contributed by atoms with Crippen LogP contribution in [0.5, 0.6) is 0 Å². The van der Waals surface area contributed by atoms with Crippen molar-refractivity contribution in [3.63, 3.8) is 0 Å². The molecule has 0 bridgehead atoms. The Balaban J connectivity index is 1.43. The van der Waals surface area contributed by atoms with Gasteiger partial charge in [0.25, 0.3) is 5.91 Å². The third-order valence-electron chi connectivity index (χ3n) is 6.91. The number of amides is 2. The van der Waals surface area contributed by atoms with Gasteiger partial charge in [-0.2, -0.15) is 0 Å². The van der Waals surface area contributed by atoms with E-state index in [1.54, 1.807) is 35.2 Å². The highest BCUT2D eigenvalue weighted by molar-refractivity contribution is 6.30. The Morgan fingerprint density at radius 3 is 2.50 bits per heavy atom. The summed E-state index contributed by atoms with van der Waals surface area (Å²) in [5, 5.41) is 0.230. The number of carbonyl (C=O) groups excluding carboxylic acids is 3. The van der Waals surface area contributed by atoms with Crippen LogP contribution in [0.15, 0.2) is 85.1 Å². The van der Waals surface area contributed by atoms with Crippen LogP contribution < -0.4 is 5.73 Å². The molecule has 0 saturated carbocycles. The molecule has 1 aromatic heterocycles. The van der Waals surface area contributed by atoms with Crippen molar-refractivity contribution >= 4 is 29.4 Å². The lowest BCUT2D eigenvalue weighted by molar-refractivity contribution is 0.0464. The Kier molecular flexibility index (Phi) is 7.89. The van der Waals surface area contributed by atoms with Gasteiger partial charge in [0.2, 0.25) is 5.91 Å². The zero-order chi connectivity index (χ0) is 28.2. The number of pyridine rings is 1. The molecule has 1 atom stereocenters. The lowest BCUT2D eigenvalue weighted by Gasteiger charge is -2.31. The van der Waals surface area contributed by atoms with E-state index < -0.39 is 29.6 Å². The molecule has 1 aliphatic rings. The van der Waals surface area contributed by atoms with Gasteiger partial charge in [-0.1, -0.05) is 60.1 Å². The third-order valence-corrected chi connectivity index (χ3v) is 7.13. The van der Waals surface area contributed by atoms with Crippen molar-refractivity contribution in [3.8, 4) is 0 Å². The molecule has 40 heavy (non-hydrogen) atoms. The third kappa shape index (κ3) is 5.72. The summed E-state index contributed by atoms with van der Waals surface area (Å²) in [7, 11) is 0. The highest BCUT2D eigenvalue weighted by Gasteiger charge is 2.34. The molecule has 3 aromatic carbocycles. The summed E-state index contributed by atoms with van der Waals surface area (Å²) in [5.74, 6) is -2.07. The van der Waals surface area contributed by atoms with Crippen molar-refractivity contribution in [2.45, 2.75) is 32.0 Å². The molecule has 0 saturated heterocycles. The molecular weight excluding hydrogens is 533 g/mol. The Morgan fingerprint density at radius 2 is 1.77 bits per heavy atom. The summed E-state index contributed by atoms with van der Waals surface area (Å²) in [6.07, 6.45) is 2.20. The standard InChI is InChI=1S/C31H25ClFN3O4/c32-22-14-25-24(26(33)15-22)11-13-28(25)36(17-21-8-4-5-9-23(21)29(34)37)30(38)20-10-12-27(35-16-20)31(39)40-18-19-6-2-1-3-7-19/h1-10,12,14-16,28H,11,13,17-18H2,(H2,34,37)/t28-/m1/s1. The number of nitrogens with two attached hydrogens (primary N) is 1. The number of esters is 1. The van der Waals surface area contributed by atoms with E-state index >= 15 is 0 Å². The quantitative estimate of drug-likeness (QED) is 0.282. The minimum Gasteiger partial charge on any atom is -0.456 e. The first-order valence-electron chi connectivity index (χ1n) is 12.7. The Morgan fingerprint density at radius 1 is 1.02 bits per heavy atom. The molecule has 2 N–H and O–H groups in total. The largest absolute Gasteiger partial charge is 0.456 e. The average Bonchev–Trinajstić information content (AvgIpc) is 3.39. The smallest absolute Gasteiger partial charge is 0.357 e. The van der Waals surface area contributed by atoms with E-state index in [9.17, 15) is 18.8 Å². The molecule has 1 aliphatic carbocycles. The van der Waals surface area contributed by atoms with E-state index in [4.69, 9.17) is 22.1 Å². The first-order chi connectivity index (χ1) is 19.3. The maximum atomic E-state index is 14.7. The monoisotopic (exact) mass is 557 g/mol. The zero-order valence-electron chi connectivity index (χ0n) is 21.3. The number of hydrogen-bond acceptors (Lipinski definition) is 5. The van der Waals surface area contributed by atoms with Gasteiger partial charge in [-0.15, -0.1) is 0 Å². The SMILES string of the molecule is NC(=O)c1ccccc1CN(C(=O)c1ccc(C(=O)OCc2ccccc2)nc1)[C@@H]1CCc2c(F)cc(Cl)cc21. The normalized spacial score (nSPS) is 13.9. The molecular formula is C31H25ClFN3O4. The van der Waals surface area contributed by atoms with Crippen LogP contribution >= 0.6 is 11.6 Å². The van der Waals surface area contributed by atoms with Crippen molar-refractivity contribution in [1.82, 2.24) is 9.88 Å². The molecule has 5 rings (SSSR count). The van der Waals surface area contributed by atoms with Gasteiger partial charge in [0.1, 0.15) is 18.1 Å². The summed E-state index contributed by atoms with van der Waals surface area (Å²) in [6.45, 7) is 0.131. The van der Waals surface area contributed by atoms with E-state index in [-0.39, 0.29) is 35.0 Å². The van der Waals surface area contributed by atoms with Crippen LogP contribution in [0.1, 0.15) is 65.9 Å². The second kappa shape index (κ2) is 11.7. The van der Waals surface area contributed by atoms with Gasteiger partial charge in [-0.05, 0) is 65.4 Å². The minimum atomic E-state index is -0.621. The summed E-state index contributed by atoms with van der Waals surface area (Å²) < 4.78 is 20.0. The van der Waals surface area contributed by atoms with Crippen LogP contribution in [0.3, 0.4) is 0 Å². The lowest BCUT2D eigenvalue weighted by Crippen LogP contribution is -2.34. The maximum absolute atomic E-state index is 14.7. The summed E-state index contributed by atoms with van der Waals surface area (Å²) in [6, 6.07) is 21.3. The van der Waals surface area contributed by atoms with Crippen molar-refractivity contribution in [2.75, 3.05) is 0 Å². The fraction of sp³-hybridized carbons (Fsp3) is 0.161. The van der Waals surface area contributed by atoms with E-state index in [1.165, 1.54) is 24.4 Å². The number of primary amides is 1. The molecule has 2 amide bonds. The molecule has 9 heteroatoms. The molecule has 202 valence electrons. The Bertz CT molecular complexity index is 1580. The average molecular weight is 558 g/mol. The van der Waals surface area contributed by atoms with Gasteiger partial charge >= 0.3 is 5.97 Å². The van der Waals surface area contributed by atoms with Gasteiger partial charge in [-0.25, -0.2) is 14.2 Å². The molecule has 0 unspecified atom stereocenters. The Hall–Kier alpha value is -4.56. The van der Waals surface area contributed by atoms with Crippen molar-refractivity contribution < 1.29 is 23.5 Å². The second-order valence-corrected chi connectivity index (χ2v) is 9.89. The van der Waals surface area contributed by atoms with Crippen LogP contribution in [-0.2, 0) is 24.3 Å². The number of ether oxygens (including phenoxy) is 1. The van der Waals surface area contributed by atoms with E-state index in [0.717, 1.165) is 5.56 Å². The van der Waals surface area contributed by atoms with Crippen molar-refractivity contribution in [2.24, 2.45) is 5.73 Å². The predicted molar refractivity (Wildman–Crippen MR) is 147 cm³/mol. The molecule has 0 spiro atoms. The molecule has 1 heterocycles. The maximum Gasteiger partial charge on any atom is 0.357 e. The Labute approximate surface area is 235 Å². The number of carbonyl (C=O) groups is 3. The summed E-state index contributed by atoms with van der Waals surface area (Å²) >= 11 is 6.18. The molecule has 4 aromatic rings. The number of fused-ring (bicyclic) bond motifs is 1. The van der Waals surface area contributed by atoms with Crippen LogP contribution in [0.25, 0.3) is 0 Å². The van der Waals surface area contributed by atoms with Gasteiger partial charge in [0.05, 0.1) is 11.6 Å². The first-order valence-corrected chi connectivity index (χ1v) is 13.0. The van der Waals surface area contributed by atoms with Crippen LogP contribution in [0, 0.1) is 5.82 Å². The molecule has 0 fully saturated rings. The number of aromatic nitrogens is 1. The summed E-state index contributed by atoms with van der Waals surface area (Å²) in [5.41, 5.74) is 8.65. The minimum absolute atomic E-state index is 0.0387. The molecule has 0 aliphatic heterocycles. The molecule has 0 radical (unpaired) electrons. The number of benzene rings is 3. The summed E-state index contributed by atoms with van der Waals surface area (Å²) in [4.78, 5) is 44.3. The fourth-order valence-corrected chi connectivity index (χ4v) is 5.17. The molecule has 7 nitrogen and oxygen atoms in total. The zero-order valence-corrected chi connectivity index (χ0v) is 22.1. The van der Waals surface area contributed by atoms with Crippen molar-refractivity contribution in [3.05, 3.63) is 135 Å². The van der Waals surface area contributed by atoms with E-state index in [0.29, 0.717) is 29.5 Å². The van der Waals surface area contributed by atoms with Crippen LogP contribution in [-0.4, -0.2) is 27.7 Å². The topological polar surface area (TPSA) is 103 Å². The van der Waals surface area contributed by atoms with Gasteiger partial charge < -0.3 is 15.4 Å². The van der Waals surface area contributed by atoms with Gasteiger partial charge in [0, 0.05) is 23.3 Å². The van der Waals surface area contributed by atoms with E-state index in [2.05, 4.69) is 4.98 Å². The van der Waals surface area contributed by atoms with Gasteiger partial charge in [-0.3, -0.25) is 9.59 Å². The lowest BCUT2D eigenvalue weighted by atomic mass is 10.0. The highest BCUT2D eigenvalue weighted by Crippen LogP contribution is 2.40. The first kappa shape index (κ1) is 27.0. The number of hydrogen-bond donors (Lipinski definition) is 1. The van der Waals surface area contributed by atoms with Gasteiger partial charge in [0.15, 0.2) is 0 Å². The predicted octanol–water partition coefficient (Wildman–Crippen LogP) is 5.66.